The van der Waals surface area contributed by atoms with E-state index >= 15 is 0 Å². The largest absolute Gasteiger partial charge is 0.496 e. The van der Waals surface area contributed by atoms with Gasteiger partial charge < -0.3 is 9.47 Å². The molecule has 1 aromatic carbocycles. The van der Waals surface area contributed by atoms with E-state index in [1.807, 2.05) is 31.6 Å². The van der Waals surface area contributed by atoms with E-state index in [1.165, 1.54) is 6.33 Å². The van der Waals surface area contributed by atoms with Crippen molar-refractivity contribution < 1.29 is 9.47 Å². The van der Waals surface area contributed by atoms with Crippen LogP contribution in [0.1, 0.15) is 25.3 Å². The van der Waals surface area contributed by atoms with Gasteiger partial charge in [0.2, 0.25) is 0 Å². The molecule has 6 heteroatoms. The first kappa shape index (κ1) is 16.0. The lowest BCUT2D eigenvalue weighted by atomic mass is 9.97. The number of rotatable bonds is 5. The fourth-order valence-corrected chi connectivity index (χ4v) is 2.54. The Labute approximate surface area is 141 Å². The zero-order valence-electron chi connectivity index (χ0n) is 14.2. The molecule has 0 spiro atoms. The molecule has 124 valence electrons. The van der Waals surface area contributed by atoms with Crippen LogP contribution in [0.2, 0.25) is 0 Å². The minimum absolute atomic E-state index is 0.279. The van der Waals surface area contributed by atoms with Crippen molar-refractivity contribution in [1.29, 1.82) is 0 Å². The summed E-state index contributed by atoms with van der Waals surface area (Å²) in [4.78, 5) is 8.00. The molecule has 0 aliphatic heterocycles. The third kappa shape index (κ3) is 3.22. The molecule has 2 aromatic heterocycles. The van der Waals surface area contributed by atoms with Crippen LogP contribution in [-0.4, -0.2) is 26.9 Å². The summed E-state index contributed by atoms with van der Waals surface area (Å²) in [5.74, 6) is 2.44. The lowest BCUT2D eigenvalue weighted by Gasteiger charge is -2.17. The molecule has 3 aromatic rings. The van der Waals surface area contributed by atoms with Gasteiger partial charge in [-0.2, -0.15) is 5.10 Å². The van der Waals surface area contributed by atoms with Crippen LogP contribution < -0.4 is 9.47 Å². The van der Waals surface area contributed by atoms with Gasteiger partial charge in [0.1, 0.15) is 17.8 Å². The molecule has 0 N–H and O–H groups in total. The fourth-order valence-electron chi connectivity index (χ4n) is 2.54. The van der Waals surface area contributed by atoms with E-state index in [0.717, 1.165) is 28.2 Å². The maximum Gasteiger partial charge on any atom is 0.164 e. The Morgan fingerprint density at radius 3 is 2.38 bits per heavy atom. The van der Waals surface area contributed by atoms with Gasteiger partial charge in [0.25, 0.3) is 0 Å². The second-order valence-electron chi connectivity index (χ2n) is 5.82. The molecule has 24 heavy (non-hydrogen) atoms. The van der Waals surface area contributed by atoms with Gasteiger partial charge in [-0.3, -0.25) is 4.68 Å². The molecule has 0 atom stereocenters. The van der Waals surface area contributed by atoms with Crippen molar-refractivity contribution in [2.75, 3.05) is 7.11 Å². The first-order chi connectivity index (χ1) is 11.6. The van der Waals surface area contributed by atoms with Crippen LogP contribution in [0, 0.1) is 0 Å². The van der Waals surface area contributed by atoms with Gasteiger partial charge in [0.15, 0.2) is 5.75 Å². The molecule has 6 nitrogen and oxygen atoms in total. The average Bonchev–Trinajstić information content (AvgIpc) is 3.01. The SMILES string of the molecule is COc1cc(C(C)C)c(Oc2cncnc2)cc1-c1cnn(C)c1. The molecule has 0 fully saturated rings. The maximum atomic E-state index is 6.03. The first-order valence-electron chi connectivity index (χ1n) is 7.72. The standard InChI is InChI=1S/C18H20N4O2/c1-12(2)15-5-17(23-4)16(13-7-21-22(3)10-13)6-18(15)24-14-8-19-11-20-9-14/h5-12H,1-4H3. The Bertz CT molecular complexity index is 828. The number of benzene rings is 1. The van der Waals surface area contributed by atoms with E-state index in [2.05, 4.69) is 28.9 Å². The van der Waals surface area contributed by atoms with Crippen molar-refractivity contribution in [2.24, 2.45) is 7.05 Å². The number of aromatic nitrogens is 4. The second kappa shape index (κ2) is 6.70. The predicted molar refractivity (Wildman–Crippen MR) is 91.4 cm³/mol. The van der Waals surface area contributed by atoms with Crippen molar-refractivity contribution in [3.63, 3.8) is 0 Å². The first-order valence-corrected chi connectivity index (χ1v) is 7.72. The summed E-state index contributed by atoms with van der Waals surface area (Å²) in [6, 6.07) is 4.00. The monoisotopic (exact) mass is 324 g/mol. The average molecular weight is 324 g/mol. The summed E-state index contributed by atoms with van der Waals surface area (Å²) < 4.78 is 13.4. The molecule has 3 rings (SSSR count). The van der Waals surface area contributed by atoms with Crippen LogP contribution in [0.25, 0.3) is 11.1 Å². The summed E-state index contributed by atoms with van der Waals surface area (Å²) in [7, 11) is 3.56. The smallest absolute Gasteiger partial charge is 0.164 e. The number of aryl methyl sites for hydroxylation is 1. The van der Waals surface area contributed by atoms with Crippen LogP contribution in [0.5, 0.6) is 17.2 Å². The van der Waals surface area contributed by atoms with Gasteiger partial charge in [-0.05, 0) is 18.1 Å². The third-order valence-electron chi connectivity index (χ3n) is 3.73. The highest BCUT2D eigenvalue weighted by atomic mass is 16.5. The lowest BCUT2D eigenvalue weighted by molar-refractivity contribution is 0.412. The molecule has 0 aliphatic carbocycles. The zero-order valence-corrected chi connectivity index (χ0v) is 14.2. The van der Waals surface area contributed by atoms with Crippen LogP contribution in [0.15, 0.2) is 43.2 Å². The highest BCUT2D eigenvalue weighted by Gasteiger charge is 2.17. The van der Waals surface area contributed by atoms with E-state index in [4.69, 9.17) is 9.47 Å². The molecule has 2 heterocycles. The summed E-state index contributed by atoms with van der Waals surface area (Å²) in [5, 5.41) is 4.24. The molecule has 0 saturated carbocycles. The van der Waals surface area contributed by atoms with Crippen molar-refractivity contribution >= 4 is 0 Å². The molecule has 0 unspecified atom stereocenters. The topological polar surface area (TPSA) is 62.1 Å². The fraction of sp³-hybridized carbons (Fsp3) is 0.278. The van der Waals surface area contributed by atoms with Gasteiger partial charge >= 0.3 is 0 Å². The zero-order chi connectivity index (χ0) is 17.1. The van der Waals surface area contributed by atoms with Crippen LogP contribution in [0.4, 0.5) is 0 Å². The lowest BCUT2D eigenvalue weighted by Crippen LogP contribution is -1.98. The Morgan fingerprint density at radius 2 is 1.79 bits per heavy atom. The van der Waals surface area contributed by atoms with Crippen LogP contribution >= 0.6 is 0 Å². The quantitative estimate of drug-likeness (QED) is 0.714. The van der Waals surface area contributed by atoms with E-state index in [9.17, 15) is 0 Å². The van der Waals surface area contributed by atoms with Gasteiger partial charge in [-0.15, -0.1) is 0 Å². The number of hydrogen-bond acceptors (Lipinski definition) is 5. The predicted octanol–water partition coefficient (Wildman–Crippen LogP) is 3.80. The van der Waals surface area contributed by atoms with Crippen molar-refractivity contribution in [2.45, 2.75) is 19.8 Å². The van der Waals surface area contributed by atoms with E-state index < -0.39 is 0 Å². The Hall–Kier alpha value is -2.89. The Balaban J connectivity index is 2.11. The van der Waals surface area contributed by atoms with Gasteiger partial charge in [0, 0.05) is 29.9 Å². The molecule has 0 bridgehead atoms. The third-order valence-corrected chi connectivity index (χ3v) is 3.73. The maximum absolute atomic E-state index is 6.03. The van der Waals surface area contributed by atoms with Crippen molar-refractivity contribution in [3.8, 4) is 28.4 Å². The summed E-state index contributed by atoms with van der Waals surface area (Å²) in [6.07, 6.45) is 8.52. The van der Waals surface area contributed by atoms with Crippen molar-refractivity contribution in [3.05, 3.63) is 48.8 Å². The molecule has 0 saturated heterocycles. The van der Waals surface area contributed by atoms with E-state index in [-0.39, 0.29) is 5.92 Å². The normalized spacial score (nSPS) is 10.9. The Kier molecular flexibility index (Phi) is 4.46. The van der Waals surface area contributed by atoms with E-state index in [0.29, 0.717) is 5.75 Å². The van der Waals surface area contributed by atoms with E-state index in [1.54, 1.807) is 24.2 Å². The van der Waals surface area contributed by atoms with Gasteiger partial charge in [0.05, 0.1) is 25.7 Å². The summed E-state index contributed by atoms with van der Waals surface area (Å²) >= 11 is 0. The van der Waals surface area contributed by atoms with Crippen molar-refractivity contribution in [1.82, 2.24) is 19.7 Å². The summed E-state index contributed by atoms with van der Waals surface area (Å²) in [6.45, 7) is 4.24. The van der Waals surface area contributed by atoms with Crippen LogP contribution in [0.3, 0.4) is 0 Å². The van der Waals surface area contributed by atoms with Gasteiger partial charge in [-0.1, -0.05) is 13.8 Å². The molecule has 0 aliphatic rings. The highest BCUT2D eigenvalue weighted by molar-refractivity contribution is 5.72. The molecular formula is C18H20N4O2. The number of methoxy groups -OCH3 is 1. The molecule has 0 amide bonds. The summed E-state index contributed by atoms with van der Waals surface area (Å²) in [5.41, 5.74) is 2.96. The highest BCUT2D eigenvalue weighted by Crippen LogP contribution is 2.40. The number of ether oxygens (including phenoxy) is 2. The number of nitrogens with zero attached hydrogens (tertiary/aromatic N) is 4. The molecule has 0 radical (unpaired) electrons. The van der Waals surface area contributed by atoms with Crippen LogP contribution in [-0.2, 0) is 7.05 Å². The minimum atomic E-state index is 0.279. The van der Waals surface area contributed by atoms with Gasteiger partial charge in [-0.25, -0.2) is 9.97 Å². The number of hydrogen-bond donors (Lipinski definition) is 0. The molecular weight excluding hydrogens is 304 g/mol. The Morgan fingerprint density at radius 1 is 1.04 bits per heavy atom. The minimum Gasteiger partial charge on any atom is -0.496 e. The second-order valence-corrected chi connectivity index (χ2v) is 5.82.